The van der Waals surface area contributed by atoms with Gasteiger partial charge in [-0.1, -0.05) is 0 Å². The Morgan fingerprint density at radius 3 is 2.71 bits per heavy atom. The van der Waals surface area contributed by atoms with Crippen LogP contribution in [0.25, 0.3) is 11.0 Å². The van der Waals surface area contributed by atoms with Crippen molar-refractivity contribution in [2.75, 3.05) is 7.05 Å². The molecule has 2 unspecified atom stereocenters. The second kappa shape index (κ2) is 4.80. The smallest absolute Gasteiger partial charge is 0.252 e. The maximum atomic E-state index is 13.5. The quantitative estimate of drug-likeness (QED) is 0.632. The van der Waals surface area contributed by atoms with Crippen molar-refractivity contribution in [2.45, 2.75) is 24.8 Å². The molecule has 2 amide bonds. The highest BCUT2D eigenvalue weighted by Crippen LogP contribution is 2.33. The number of halogens is 2. The van der Waals surface area contributed by atoms with E-state index in [0.29, 0.717) is 16.9 Å². The van der Waals surface area contributed by atoms with Crippen LogP contribution >= 0.6 is 11.6 Å². The van der Waals surface area contributed by atoms with Gasteiger partial charge in [-0.25, -0.2) is 9.37 Å². The standard InChI is InChI=1S/C14H13ClFN3O2/c1-7(15)13-17-9-4-3-8(16)5-10(9)19(13)11-6-12(20)18(2)14(11)21/h3-5,7,11H,6H2,1-2H3. The molecule has 0 spiro atoms. The Bertz CT molecular complexity index is 756. The zero-order chi connectivity index (χ0) is 15.3. The van der Waals surface area contributed by atoms with E-state index in [-0.39, 0.29) is 18.2 Å². The molecule has 1 saturated heterocycles. The number of imidazole rings is 1. The third-order valence-corrected chi connectivity index (χ3v) is 3.90. The number of imide groups is 1. The lowest BCUT2D eigenvalue weighted by Gasteiger charge is -2.16. The summed E-state index contributed by atoms with van der Waals surface area (Å²) in [6.07, 6.45) is 0.0356. The van der Waals surface area contributed by atoms with Crippen molar-refractivity contribution in [1.82, 2.24) is 14.5 Å². The number of aromatic nitrogens is 2. The zero-order valence-electron chi connectivity index (χ0n) is 11.5. The number of alkyl halides is 1. The summed E-state index contributed by atoms with van der Waals surface area (Å²) >= 11 is 6.13. The molecule has 1 aliphatic heterocycles. The highest BCUT2D eigenvalue weighted by molar-refractivity contribution is 6.20. The Balaban J connectivity index is 2.25. The minimum Gasteiger partial charge on any atom is -0.313 e. The van der Waals surface area contributed by atoms with Crippen LogP contribution < -0.4 is 0 Å². The molecule has 5 nitrogen and oxygen atoms in total. The van der Waals surface area contributed by atoms with Gasteiger partial charge in [0.1, 0.15) is 17.7 Å². The Morgan fingerprint density at radius 1 is 1.43 bits per heavy atom. The molecule has 0 aliphatic carbocycles. The van der Waals surface area contributed by atoms with Crippen molar-refractivity contribution in [3.05, 3.63) is 29.8 Å². The SMILES string of the molecule is CC(Cl)c1nc2ccc(F)cc2n1C1CC(=O)N(C)C1=O. The molecule has 2 aromatic rings. The van der Waals surface area contributed by atoms with Crippen molar-refractivity contribution in [3.8, 4) is 0 Å². The van der Waals surface area contributed by atoms with Gasteiger partial charge in [-0.05, 0) is 25.1 Å². The molecule has 2 heterocycles. The van der Waals surface area contributed by atoms with Crippen molar-refractivity contribution >= 4 is 34.4 Å². The molecule has 1 aliphatic rings. The fraction of sp³-hybridized carbons (Fsp3) is 0.357. The van der Waals surface area contributed by atoms with Crippen LogP contribution in [0, 0.1) is 5.82 Å². The van der Waals surface area contributed by atoms with Crippen LogP contribution in [0.1, 0.15) is 30.6 Å². The van der Waals surface area contributed by atoms with Crippen molar-refractivity contribution in [2.24, 2.45) is 0 Å². The minimum absolute atomic E-state index is 0.0356. The molecule has 3 rings (SSSR count). The van der Waals surface area contributed by atoms with E-state index in [1.165, 1.54) is 25.2 Å². The molecule has 0 saturated carbocycles. The second-order valence-corrected chi connectivity index (χ2v) is 5.75. The van der Waals surface area contributed by atoms with E-state index in [2.05, 4.69) is 4.98 Å². The van der Waals surface area contributed by atoms with Crippen LogP contribution in [-0.2, 0) is 9.59 Å². The van der Waals surface area contributed by atoms with Crippen LogP contribution in [0.4, 0.5) is 4.39 Å². The number of fused-ring (bicyclic) bond motifs is 1. The number of hydrogen-bond donors (Lipinski definition) is 0. The van der Waals surface area contributed by atoms with E-state index >= 15 is 0 Å². The van der Waals surface area contributed by atoms with Crippen LogP contribution in [0.2, 0.25) is 0 Å². The van der Waals surface area contributed by atoms with E-state index in [1.54, 1.807) is 11.5 Å². The second-order valence-electron chi connectivity index (χ2n) is 5.10. The molecule has 21 heavy (non-hydrogen) atoms. The van der Waals surface area contributed by atoms with E-state index < -0.39 is 17.2 Å². The summed E-state index contributed by atoms with van der Waals surface area (Å²) in [5.74, 6) is -0.570. The average Bonchev–Trinajstić information content (AvgIpc) is 2.91. The van der Waals surface area contributed by atoms with E-state index in [0.717, 1.165) is 4.90 Å². The van der Waals surface area contributed by atoms with Gasteiger partial charge >= 0.3 is 0 Å². The number of carbonyl (C=O) groups is 2. The normalized spacial score (nSPS) is 20.6. The van der Waals surface area contributed by atoms with Gasteiger partial charge in [0.05, 0.1) is 22.8 Å². The van der Waals surface area contributed by atoms with E-state index in [4.69, 9.17) is 11.6 Å². The maximum Gasteiger partial charge on any atom is 0.252 e. The molecule has 1 fully saturated rings. The molecule has 1 aromatic heterocycles. The number of rotatable bonds is 2. The number of hydrogen-bond acceptors (Lipinski definition) is 3. The number of benzene rings is 1. The summed E-state index contributed by atoms with van der Waals surface area (Å²) in [5, 5.41) is -0.464. The molecular formula is C14H13ClFN3O2. The number of nitrogens with zero attached hydrogens (tertiary/aromatic N) is 3. The molecule has 7 heteroatoms. The van der Waals surface area contributed by atoms with Crippen LogP contribution in [-0.4, -0.2) is 33.3 Å². The molecular weight excluding hydrogens is 297 g/mol. The number of likely N-dealkylation sites (N-methyl/N-ethyl adjacent to an activating group) is 1. The van der Waals surface area contributed by atoms with Gasteiger partial charge in [-0.3, -0.25) is 14.5 Å². The van der Waals surface area contributed by atoms with Gasteiger partial charge < -0.3 is 4.57 Å². The highest BCUT2D eigenvalue weighted by atomic mass is 35.5. The third kappa shape index (κ3) is 2.10. The highest BCUT2D eigenvalue weighted by Gasteiger charge is 2.39. The summed E-state index contributed by atoms with van der Waals surface area (Å²) in [6.45, 7) is 1.72. The third-order valence-electron chi connectivity index (χ3n) is 3.70. The molecule has 0 N–H and O–H groups in total. The lowest BCUT2D eigenvalue weighted by atomic mass is 10.2. The van der Waals surface area contributed by atoms with E-state index in [1.807, 2.05) is 0 Å². The lowest BCUT2D eigenvalue weighted by Crippen LogP contribution is -2.27. The van der Waals surface area contributed by atoms with Gasteiger partial charge in [0.2, 0.25) is 5.91 Å². The summed E-state index contributed by atoms with van der Waals surface area (Å²) in [5.41, 5.74) is 1.02. The average molecular weight is 310 g/mol. The monoisotopic (exact) mass is 309 g/mol. The van der Waals surface area contributed by atoms with Gasteiger partial charge in [0.25, 0.3) is 5.91 Å². The predicted octanol–water partition coefficient (Wildman–Crippen LogP) is 2.41. The van der Waals surface area contributed by atoms with Crippen molar-refractivity contribution in [3.63, 3.8) is 0 Å². The number of amides is 2. The summed E-state index contributed by atoms with van der Waals surface area (Å²) in [4.78, 5) is 29.4. The summed E-state index contributed by atoms with van der Waals surface area (Å²) in [6, 6.07) is 3.43. The van der Waals surface area contributed by atoms with Crippen LogP contribution in [0.3, 0.4) is 0 Å². The Kier molecular flexibility index (Phi) is 3.20. The summed E-state index contributed by atoms with van der Waals surface area (Å²) in [7, 11) is 1.44. The fourth-order valence-corrected chi connectivity index (χ4v) is 2.78. The van der Waals surface area contributed by atoms with Crippen molar-refractivity contribution < 1.29 is 14.0 Å². The van der Waals surface area contributed by atoms with Crippen LogP contribution in [0.15, 0.2) is 18.2 Å². The Hall–Kier alpha value is -1.95. The van der Waals surface area contributed by atoms with Gasteiger partial charge in [-0.15, -0.1) is 11.6 Å². The predicted molar refractivity (Wildman–Crippen MR) is 75.4 cm³/mol. The first-order valence-corrected chi connectivity index (χ1v) is 6.95. The zero-order valence-corrected chi connectivity index (χ0v) is 12.3. The van der Waals surface area contributed by atoms with Crippen molar-refractivity contribution in [1.29, 1.82) is 0 Å². The summed E-state index contributed by atoms with van der Waals surface area (Å²) < 4.78 is 15.1. The first-order chi connectivity index (χ1) is 9.90. The lowest BCUT2D eigenvalue weighted by molar-refractivity contribution is -0.137. The van der Waals surface area contributed by atoms with Gasteiger partial charge in [-0.2, -0.15) is 0 Å². The maximum absolute atomic E-state index is 13.5. The molecule has 2 atom stereocenters. The number of carbonyl (C=O) groups excluding carboxylic acids is 2. The first-order valence-electron chi connectivity index (χ1n) is 6.52. The largest absolute Gasteiger partial charge is 0.313 e. The molecule has 1 aromatic carbocycles. The molecule has 0 bridgehead atoms. The number of likely N-dealkylation sites (tertiary alicyclic amines) is 1. The Morgan fingerprint density at radius 2 is 2.14 bits per heavy atom. The van der Waals surface area contributed by atoms with Crippen LogP contribution in [0.5, 0.6) is 0 Å². The van der Waals surface area contributed by atoms with Gasteiger partial charge in [0.15, 0.2) is 0 Å². The first kappa shape index (κ1) is 14.0. The Labute approximate surface area is 125 Å². The molecule has 110 valence electrons. The minimum atomic E-state index is -0.717. The van der Waals surface area contributed by atoms with E-state index in [9.17, 15) is 14.0 Å². The topological polar surface area (TPSA) is 55.2 Å². The molecule has 0 radical (unpaired) electrons. The fourth-order valence-electron chi connectivity index (χ4n) is 2.63. The van der Waals surface area contributed by atoms with Gasteiger partial charge in [0, 0.05) is 7.05 Å².